The molecule has 1 N–H and O–H groups in total. The standard InChI is InChI=1S/C16H21N3O/c1-2-4-14(5-3-1)16(12-19-9-8-17-13-19)18-15-6-10-20-11-7-15/h1-5,8-9,13,15-16,18H,6-7,10-12H2/t16-/m0/s1. The highest BCUT2D eigenvalue weighted by molar-refractivity contribution is 5.19. The van der Waals surface area contributed by atoms with Crippen LogP contribution in [-0.2, 0) is 11.3 Å². The van der Waals surface area contributed by atoms with Crippen LogP contribution in [0.3, 0.4) is 0 Å². The highest BCUT2D eigenvalue weighted by Gasteiger charge is 2.19. The number of nitrogens with one attached hydrogen (secondary N) is 1. The molecule has 0 spiro atoms. The third-order valence-corrected chi connectivity index (χ3v) is 3.81. The Balaban J connectivity index is 1.72. The van der Waals surface area contributed by atoms with Crippen molar-refractivity contribution in [3.05, 3.63) is 54.6 Å². The van der Waals surface area contributed by atoms with E-state index in [0.29, 0.717) is 12.1 Å². The molecule has 1 aromatic carbocycles. The Bertz CT molecular complexity index is 492. The second-order valence-corrected chi connectivity index (χ2v) is 5.28. The molecule has 0 aliphatic carbocycles. The largest absolute Gasteiger partial charge is 0.381 e. The molecule has 4 heteroatoms. The number of imidazole rings is 1. The quantitative estimate of drug-likeness (QED) is 0.907. The summed E-state index contributed by atoms with van der Waals surface area (Å²) < 4.78 is 7.57. The van der Waals surface area contributed by atoms with Gasteiger partial charge < -0.3 is 14.6 Å². The Morgan fingerprint density at radius 1 is 1.25 bits per heavy atom. The van der Waals surface area contributed by atoms with Crippen LogP contribution in [0.1, 0.15) is 24.4 Å². The normalized spacial score (nSPS) is 18.0. The van der Waals surface area contributed by atoms with Gasteiger partial charge in [0.05, 0.1) is 12.4 Å². The fourth-order valence-electron chi connectivity index (χ4n) is 2.69. The third kappa shape index (κ3) is 3.46. The predicted molar refractivity (Wildman–Crippen MR) is 78.4 cm³/mol. The van der Waals surface area contributed by atoms with Gasteiger partial charge in [-0.3, -0.25) is 0 Å². The molecule has 1 saturated heterocycles. The van der Waals surface area contributed by atoms with Gasteiger partial charge in [0.2, 0.25) is 0 Å². The monoisotopic (exact) mass is 271 g/mol. The summed E-state index contributed by atoms with van der Waals surface area (Å²) in [6.07, 6.45) is 7.90. The molecule has 0 bridgehead atoms. The molecule has 1 atom stereocenters. The summed E-state index contributed by atoms with van der Waals surface area (Å²) in [4.78, 5) is 4.13. The van der Waals surface area contributed by atoms with Gasteiger partial charge in [-0.05, 0) is 18.4 Å². The highest BCUT2D eigenvalue weighted by atomic mass is 16.5. The number of nitrogens with zero attached hydrogens (tertiary/aromatic N) is 2. The summed E-state index contributed by atoms with van der Waals surface area (Å²) in [6.45, 7) is 2.63. The van der Waals surface area contributed by atoms with E-state index >= 15 is 0 Å². The van der Waals surface area contributed by atoms with Crippen molar-refractivity contribution in [2.45, 2.75) is 31.5 Å². The van der Waals surface area contributed by atoms with Gasteiger partial charge in [-0.1, -0.05) is 30.3 Å². The Kier molecular flexibility index (Phi) is 4.46. The zero-order valence-corrected chi connectivity index (χ0v) is 11.6. The second kappa shape index (κ2) is 6.68. The molecule has 3 rings (SSSR count). The Hall–Kier alpha value is -1.65. The highest BCUT2D eigenvalue weighted by Crippen LogP contribution is 2.18. The summed E-state index contributed by atoms with van der Waals surface area (Å²) in [7, 11) is 0. The van der Waals surface area contributed by atoms with Gasteiger partial charge in [-0.25, -0.2) is 4.98 Å². The molecule has 2 heterocycles. The van der Waals surface area contributed by atoms with E-state index < -0.39 is 0 Å². The molecule has 0 radical (unpaired) electrons. The van der Waals surface area contributed by atoms with E-state index in [1.807, 2.05) is 18.7 Å². The molecule has 1 aliphatic heterocycles. The Labute approximate surface area is 119 Å². The van der Waals surface area contributed by atoms with Gasteiger partial charge in [-0.15, -0.1) is 0 Å². The van der Waals surface area contributed by atoms with Crippen molar-refractivity contribution in [3.8, 4) is 0 Å². The van der Waals surface area contributed by atoms with Gasteiger partial charge in [0.25, 0.3) is 0 Å². The number of benzene rings is 1. The average Bonchev–Trinajstić information content (AvgIpc) is 3.02. The number of aromatic nitrogens is 2. The molecule has 1 aromatic heterocycles. The number of rotatable bonds is 5. The minimum Gasteiger partial charge on any atom is -0.381 e. The maximum absolute atomic E-state index is 5.44. The lowest BCUT2D eigenvalue weighted by Gasteiger charge is -2.29. The van der Waals surface area contributed by atoms with Crippen molar-refractivity contribution in [1.29, 1.82) is 0 Å². The van der Waals surface area contributed by atoms with Gasteiger partial charge >= 0.3 is 0 Å². The van der Waals surface area contributed by atoms with Crippen LogP contribution in [0.4, 0.5) is 0 Å². The lowest BCUT2D eigenvalue weighted by molar-refractivity contribution is 0.0741. The third-order valence-electron chi connectivity index (χ3n) is 3.81. The molecule has 0 amide bonds. The maximum atomic E-state index is 5.44. The summed E-state index contributed by atoms with van der Waals surface area (Å²) in [6, 6.07) is 11.5. The van der Waals surface area contributed by atoms with Crippen LogP contribution in [0.2, 0.25) is 0 Å². The molecule has 0 unspecified atom stereocenters. The lowest BCUT2D eigenvalue weighted by atomic mass is 10.0. The molecule has 2 aromatic rings. The van der Waals surface area contributed by atoms with Gasteiger partial charge in [0.15, 0.2) is 0 Å². The minimum atomic E-state index is 0.313. The molecule has 1 aliphatic rings. The zero-order valence-electron chi connectivity index (χ0n) is 11.6. The first-order valence-electron chi connectivity index (χ1n) is 7.26. The van der Waals surface area contributed by atoms with E-state index in [1.54, 1.807) is 0 Å². The van der Waals surface area contributed by atoms with Crippen LogP contribution >= 0.6 is 0 Å². The molecule has 20 heavy (non-hydrogen) atoms. The summed E-state index contributed by atoms with van der Waals surface area (Å²) in [5.41, 5.74) is 1.33. The topological polar surface area (TPSA) is 39.1 Å². The van der Waals surface area contributed by atoms with Crippen LogP contribution in [0.5, 0.6) is 0 Å². The molecular weight excluding hydrogens is 250 g/mol. The fourth-order valence-corrected chi connectivity index (χ4v) is 2.69. The fraction of sp³-hybridized carbons (Fsp3) is 0.438. The predicted octanol–water partition coefficient (Wildman–Crippen LogP) is 2.39. The van der Waals surface area contributed by atoms with E-state index in [9.17, 15) is 0 Å². The van der Waals surface area contributed by atoms with Crippen LogP contribution in [0.15, 0.2) is 49.1 Å². The second-order valence-electron chi connectivity index (χ2n) is 5.28. The molecule has 1 fully saturated rings. The summed E-state index contributed by atoms with van der Waals surface area (Å²) in [5.74, 6) is 0. The Morgan fingerprint density at radius 2 is 2.05 bits per heavy atom. The SMILES string of the molecule is c1ccc([C@H](Cn2ccnc2)NC2CCOCC2)cc1. The van der Waals surface area contributed by atoms with Crippen molar-refractivity contribution < 1.29 is 4.74 Å². The number of ether oxygens (including phenoxy) is 1. The van der Waals surface area contributed by atoms with E-state index in [0.717, 1.165) is 32.6 Å². The summed E-state index contributed by atoms with van der Waals surface area (Å²) in [5, 5.41) is 3.78. The van der Waals surface area contributed by atoms with Crippen molar-refractivity contribution in [2.75, 3.05) is 13.2 Å². The van der Waals surface area contributed by atoms with E-state index in [-0.39, 0.29) is 0 Å². The van der Waals surface area contributed by atoms with Crippen molar-refractivity contribution in [3.63, 3.8) is 0 Å². The van der Waals surface area contributed by atoms with Crippen molar-refractivity contribution in [2.24, 2.45) is 0 Å². The van der Waals surface area contributed by atoms with Crippen LogP contribution in [0.25, 0.3) is 0 Å². The van der Waals surface area contributed by atoms with Crippen LogP contribution in [-0.4, -0.2) is 28.8 Å². The van der Waals surface area contributed by atoms with E-state index in [2.05, 4.69) is 45.2 Å². The van der Waals surface area contributed by atoms with Crippen LogP contribution < -0.4 is 5.32 Å². The molecule has 106 valence electrons. The first-order chi connectivity index (χ1) is 9.92. The minimum absolute atomic E-state index is 0.313. The van der Waals surface area contributed by atoms with Gasteiger partial charge in [0, 0.05) is 38.2 Å². The lowest BCUT2D eigenvalue weighted by Crippen LogP contribution is -2.38. The Morgan fingerprint density at radius 3 is 2.75 bits per heavy atom. The van der Waals surface area contributed by atoms with Gasteiger partial charge in [0.1, 0.15) is 0 Å². The van der Waals surface area contributed by atoms with E-state index in [1.165, 1.54) is 5.56 Å². The molecular formula is C16H21N3O. The first kappa shape index (κ1) is 13.3. The molecule has 4 nitrogen and oxygen atoms in total. The maximum Gasteiger partial charge on any atom is 0.0946 e. The zero-order chi connectivity index (χ0) is 13.6. The average molecular weight is 271 g/mol. The smallest absolute Gasteiger partial charge is 0.0946 e. The first-order valence-corrected chi connectivity index (χ1v) is 7.26. The van der Waals surface area contributed by atoms with Crippen molar-refractivity contribution in [1.82, 2.24) is 14.9 Å². The van der Waals surface area contributed by atoms with Crippen molar-refractivity contribution >= 4 is 0 Å². The summed E-state index contributed by atoms with van der Waals surface area (Å²) >= 11 is 0. The number of hydrogen-bond donors (Lipinski definition) is 1. The molecule has 0 saturated carbocycles. The van der Waals surface area contributed by atoms with Crippen LogP contribution in [0, 0.1) is 0 Å². The van der Waals surface area contributed by atoms with Gasteiger partial charge in [-0.2, -0.15) is 0 Å². The van der Waals surface area contributed by atoms with E-state index in [4.69, 9.17) is 4.74 Å². The number of hydrogen-bond acceptors (Lipinski definition) is 3.